The number of nitrogens with one attached hydrogen (secondary N) is 2. The Morgan fingerprint density at radius 3 is 2.42 bits per heavy atom. The van der Waals surface area contributed by atoms with Crippen LogP contribution in [-0.4, -0.2) is 25.1 Å². The standard InChI is InChI=1S/C15H29N3.HI/c1-15(2,3)18-14(16-4)17-8-7-13-10-11-5-6-12(13)9-11;/h11-13H,5-10H2,1-4H3,(H2,16,17,18);1H. The van der Waals surface area contributed by atoms with E-state index in [1.54, 1.807) is 0 Å². The summed E-state index contributed by atoms with van der Waals surface area (Å²) in [6, 6.07) is 0. The lowest BCUT2D eigenvalue weighted by Crippen LogP contribution is -2.48. The average Bonchev–Trinajstić information content (AvgIpc) is 2.87. The zero-order chi connectivity index (χ0) is 13.2. The Morgan fingerprint density at radius 1 is 1.21 bits per heavy atom. The molecule has 2 fully saturated rings. The number of rotatable bonds is 3. The van der Waals surface area contributed by atoms with Gasteiger partial charge in [0, 0.05) is 19.1 Å². The number of hydrogen-bond acceptors (Lipinski definition) is 1. The smallest absolute Gasteiger partial charge is 0.191 e. The predicted octanol–water partition coefficient (Wildman–Crippen LogP) is 3.39. The Morgan fingerprint density at radius 2 is 1.95 bits per heavy atom. The van der Waals surface area contributed by atoms with Crippen molar-refractivity contribution in [2.24, 2.45) is 22.7 Å². The summed E-state index contributed by atoms with van der Waals surface area (Å²) in [5.74, 6) is 4.01. The first-order valence-corrected chi connectivity index (χ1v) is 7.47. The first kappa shape index (κ1) is 17.1. The summed E-state index contributed by atoms with van der Waals surface area (Å²) in [6.45, 7) is 7.55. The van der Waals surface area contributed by atoms with Gasteiger partial charge >= 0.3 is 0 Å². The van der Waals surface area contributed by atoms with Crippen LogP contribution in [0.1, 0.15) is 52.9 Å². The van der Waals surface area contributed by atoms with E-state index in [0.717, 1.165) is 30.3 Å². The van der Waals surface area contributed by atoms with Crippen LogP contribution in [-0.2, 0) is 0 Å². The van der Waals surface area contributed by atoms with Crippen molar-refractivity contribution >= 4 is 29.9 Å². The molecule has 2 bridgehead atoms. The Labute approximate surface area is 135 Å². The van der Waals surface area contributed by atoms with Crippen LogP contribution in [0.2, 0.25) is 0 Å². The van der Waals surface area contributed by atoms with E-state index in [4.69, 9.17) is 0 Å². The lowest BCUT2D eigenvalue weighted by atomic mass is 9.86. The van der Waals surface area contributed by atoms with E-state index in [1.165, 1.54) is 32.1 Å². The van der Waals surface area contributed by atoms with Crippen LogP contribution >= 0.6 is 24.0 Å². The van der Waals surface area contributed by atoms with Crippen molar-refractivity contribution in [1.82, 2.24) is 10.6 Å². The van der Waals surface area contributed by atoms with E-state index < -0.39 is 0 Å². The van der Waals surface area contributed by atoms with Crippen molar-refractivity contribution in [2.45, 2.75) is 58.4 Å². The normalized spacial score (nSPS) is 30.1. The zero-order valence-corrected chi connectivity index (χ0v) is 15.2. The molecule has 2 saturated carbocycles. The molecule has 0 spiro atoms. The fraction of sp³-hybridized carbons (Fsp3) is 0.933. The fourth-order valence-electron chi connectivity index (χ4n) is 3.64. The largest absolute Gasteiger partial charge is 0.356 e. The molecule has 0 radical (unpaired) electrons. The number of fused-ring (bicyclic) bond motifs is 2. The lowest BCUT2D eigenvalue weighted by Gasteiger charge is -2.25. The first-order valence-electron chi connectivity index (χ1n) is 7.47. The predicted molar refractivity (Wildman–Crippen MR) is 93.2 cm³/mol. The van der Waals surface area contributed by atoms with Gasteiger partial charge in [-0.15, -0.1) is 24.0 Å². The third-order valence-corrected chi connectivity index (χ3v) is 4.41. The van der Waals surface area contributed by atoms with Crippen LogP contribution < -0.4 is 10.6 Å². The van der Waals surface area contributed by atoms with E-state index in [-0.39, 0.29) is 29.5 Å². The summed E-state index contributed by atoms with van der Waals surface area (Å²) in [5.41, 5.74) is 0.0776. The zero-order valence-electron chi connectivity index (χ0n) is 12.8. The second-order valence-corrected chi connectivity index (χ2v) is 7.10. The quantitative estimate of drug-likeness (QED) is 0.448. The minimum Gasteiger partial charge on any atom is -0.356 e. The summed E-state index contributed by atoms with van der Waals surface area (Å²) < 4.78 is 0. The van der Waals surface area contributed by atoms with Crippen LogP contribution in [0.15, 0.2) is 4.99 Å². The summed E-state index contributed by atoms with van der Waals surface area (Å²) in [6.07, 6.45) is 7.30. The van der Waals surface area contributed by atoms with Gasteiger partial charge in [-0.2, -0.15) is 0 Å². The maximum absolute atomic E-state index is 4.28. The molecule has 0 amide bonds. The number of aliphatic imine (C=N–C) groups is 1. The molecule has 2 rings (SSSR count). The highest BCUT2D eigenvalue weighted by atomic mass is 127. The lowest BCUT2D eigenvalue weighted by molar-refractivity contribution is 0.314. The Balaban J connectivity index is 0.00000180. The van der Waals surface area contributed by atoms with Crippen LogP contribution in [0.5, 0.6) is 0 Å². The third-order valence-electron chi connectivity index (χ3n) is 4.41. The second kappa shape index (κ2) is 7.14. The minimum absolute atomic E-state index is 0. The van der Waals surface area contributed by atoms with Gasteiger partial charge in [-0.25, -0.2) is 0 Å². The van der Waals surface area contributed by atoms with Crippen molar-refractivity contribution in [2.75, 3.05) is 13.6 Å². The molecule has 3 nitrogen and oxygen atoms in total. The Hall–Kier alpha value is 0. The van der Waals surface area contributed by atoms with E-state index in [9.17, 15) is 0 Å². The minimum atomic E-state index is 0. The van der Waals surface area contributed by atoms with E-state index in [2.05, 4.69) is 36.4 Å². The second-order valence-electron chi connectivity index (χ2n) is 7.10. The topological polar surface area (TPSA) is 36.4 Å². The molecule has 112 valence electrons. The van der Waals surface area contributed by atoms with Gasteiger partial charge in [0.25, 0.3) is 0 Å². The third kappa shape index (κ3) is 5.12. The van der Waals surface area contributed by atoms with Crippen LogP contribution in [0.25, 0.3) is 0 Å². The molecule has 2 N–H and O–H groups in total. The highest BCUT2D eigenvalue weighted by molar-refractivity contribution is 14.0. The van der Waals surface area contributed by atoms with E-state index >= 15 is 0 Å². The molecule has 0 aromatic carbocycles. The molecule has 3 unspecified atom stereocenters. The van der Waals surface area contributed by atoms with Crippen molar-refractivity contribution in [3.05, 3.63) is 0 Å². The fourth-order valence-corrected chi connectivity index (χ4v) is 3.64. The van der Waals surface area contributed by atoms with Gasteiger partial charge in [0.05, 0.1) is 0 Å². The molecule has 19 heavy (non-hydrogen) atoms. The summed E-state index contributed by atoms with van der Waals surface area (Å²) >= 11 is 0. The maximum Gasteiger partial charge on any atom is 0.191 e. The number of guanidine groups is 1. The molecule has 0 saturated heterocycles. The monoisotopic (exact) mass is 379 g/mol. The van der Waals surface area contributed by atoms with Crippen molar-refractivity contribution in [1.29, 1.82) is 0 Å². The molecule has 0 aromatic heterocycles. The molecule has 2 aliphatic carbocycles. The first-order chi connectivity index (χ1) is 8.48. The van der Waals surface area contributed by atoms with Crippen LogP contribution in [0.4, 0.5) is 0 Å². The van der Waals surface area contributed by atoms with Gasteiger partial charge in [-0.3, -0.25) is 4.99 Å². The SMILES string of the molecule is CN=C(NCCC1CC2CCC1C2)NC(C)(C)C.I. The van der Waals surface area contributed by atoms with Crippen molar-refractivity contribution in [3.8, 4) is 0 Å². The van der Waals surface area contributed by atoms with Crippen LogP contribution in [0.3, 0.4) is 0 Å². The van der Waals surface area contributed by atoms with Crippen molar-refractivity contribution in [3.63, 3.8) is 0 Å². The highest BCUT2D eigenvalue weighted by Gasteiger charge is 2.38. The highest BCUT2D eigenvalue weighted by Crippen LogP contribution is 2.49. The maximum atomic E-state index is 4.28. The molecule has 0 aromatic rings. The Kier molecular flexibility index (Phi) is 6.40. The van der Waals surface area contributed by atoms with Gasteiger partial charge in [-0.05, 0) is 64.2 Å². The number of nitrogens with zero attached hydrogens (tertiary/aromatic N) is 1. The molecule has 3 atom stereocenters. The van der Waals surface area contributed by atoms with Gasteiger partial charge in [0.2, 0.25) is 0 Å². The molecule has 0 aliphatic heterocycles. The van der Waals surface area contributed by atoms with Crippen LogP contribution in [0, 0.1) is 17.8 Å². The molecular weight excluding hydrogens is 349 g/mol. The molecule has 4 heteroatoms. The van der Waals surface area contributed by atoms with E-state index in [0.29, 0.717) is 0 Å². The number of hydrogen-bond donors (Lipinski definition) is 2. The van der Waals surface area contributed by atoms with Gasteiger partial charge in [0.15, 0.2) is 5.96 Å². The molecular formula is C15H30IN3. The average molecular weight is 379 g/mol. The van der Waals surface area contributed by atoms with Gasteiger partial charge in [-0.1, -0.05) is 6.42 Å². The summed E-state index contributed by atoms with van der Waals surface area (Å²) in [5, 5.41) is 6.86. The summed E-state index contributed by atoms with van der Waals surface area (Å²) in [7, 11) is 1.85. The van der Waals surface area contributed by atoms with Crippen molar-refractivity contribution < 1.29 is 0 Å². The molecule has 0 heterocycles. The molecule has 2 aliphatic rings. The van der Waals surface area contributed by atoms with Gasteiger partial charge < -0.3 is 10.6 Å². The Bertz CT molecular complexity index is 309. The van der Waals surface area contributed by atoms with E-state index in [1.807, 2.05) is 7.05 Å². The van der Waals surface area contributed by atoms with Gasteiger partial charge in [0.1, 0.15) is 0 Å². The number of halogens is 1. The summed E-state index contributed by atoms with van der Waals surface area (Å²) in [4.78, 5) is 4.28.